The second kappa shape index (κ2) is 8.75. The van der Waals surface area contributed by atoms with Gasteiger partial charge < -0.3 is 20.1 Å². The highest BCUT2D eigenvalue weighted by atomic mass is 35.5. The average Bonchev–Trinajstić information content (AvgIpc) is 3.48. The lowest BCUT2D eigenvalue weighted by Crippen LogP contribution is -2.11. The smallest absolute Gasteiger partial charge is 0.289 e. The van der Waals surface area contributed by atoms with E-state index in [2.05, 4.69) is 30.6 Å². The molecule has 3 heterocycles. The van der Waals surface area contributed by atoms with E-state index >= 15 is 0 Å². The van der Waals surface area contributed by atoms with Gasteiger partial charge in [-0.05, 0) is 36.4 Å². The minimum Gasteiger partial charge on any atom is -0.485 e. The van der Waals surface area contributed by atoms with Gasteiger partial charge >= 0.3 is 0 Å². The second-order valence-corrected chi connectivity index (χ2v) is 7.99. The van der Waals surface area contributed by atoms with Crippen molar-refractivity contribution in [1.29, 1.82) is 0 Å². The predicted molar refractivity (Wildman–Crippen MR) is 123 cm³/mol. The maximum atomic E-state index is 6.42. The highest BCUT2D eigenvalue weighted by Gasteiger charge is 2.11. The molecule has 0 aliphatic carbocycles. The SMILES string of the molecule is Clc1cc(Nc2ncnc3ccc(NC4=NCCO4)cc23)ccc1OCc1nccs1. The van der Waals surface area contributed by atoms with Crippen molar-refractivity contribution in [2.75, 3.05) is 23.8 Å². The van der Waals surface area contributed by atoms with Crippen LogP contribution in [0.4, 0.5) is 17.2 Å². The maximum Gasteiger partial charge on any atom is 0.289 e. The fourth-order valence-electron chi connectivity index (χ4n) is 3.06. The van der Waals surface area contributed by atoms with Crippen LogP contribution in [0.15, 0.2) is 59.3 Å². The van der Waals surface area contributed by atoms with E-state index in [0.29, 0.717) is 42.4 Å². The highest BCUT2D eigenvalue weighted by molar-refractivity contribution is 7.09. The quantitative estimate of drug-likeness (QED) is 0.431. The number of aromatic nitrogens is 3. The molecule has 8 nitrogen and oxygen atoms in total. The lowest BCUT2D eigenvalue weighted by molar-refractivity contribution is 0.306. The molecule has 4 aromatic rings. The van der Waals surface area contributed by atoms with E-state index in [1.165, 1.54) is 17.7 Å². The van der Waals surface area contributed by atoms with Gasteiger partial charge in [-0.25, -0.2) is 19.9 Å². The van der Waals surface area contributed by atoms with Gasteiger partial charge in [-0.3, -0.25) is 0 Å². The first kappa shape index (κ1) is 19.5. The van der Waals surface area contributed by atoms with Gasteiger partial charge in [-0.1, -0.05) is 11.6 Å². The van der Waals surface area contributed by atoms with E-state index < -0.39 is 0 Å². The molecule has 2 N–H and O–H groups in total. The summed E-state index contributed by atoms with van der Waals surface area (Å²) in [4.78, 5) is 17.2. The zero-order chi connectivity index (χ0) is 21.0. The molecule has 156 valence electrons. The average molecular weight is 453 g/mol. The molecule has 0 saturated carbocycles. The van der Waals surface area contributed by atoms with Gasteiger partial charge in [0.05, 0.1) is 17.1 Å². The molecule has 0 saturated heterocycles. The highest BCUT2D eigenvalue weighted by Crippen LogP contribution is 2.31. The third-order valence-corrected chi connectivity index (χ3v) is 5.55. The number of rotatable bonds is 6. The van der Waals surface area contributed by atoms with Crippen LogP contribution in [0.2, 0.25) is 5.02 Å². The van der Waals surface area contributed by atoms with Crippen molar-refractivity contribution in [1.82, 2.24) is 15.0 Å². The summed E-state index contributed by atoms with van der Waals surface area (Å²) < 4.78 is 11.2. The van der Waals surface area contributed by atoms with Gasteiger partial charge in [0.25, 0.3) is 6.02 Å². The zero-order valence-corrected chi connectivity index (χ0v) is 17.8. The summed E-state index contributed by atoms with van der Waals surface area (Å²) in [6.07, 6.45) is 3.27. The molecule has 2 aromatic carbocycles. The van der Waals surface area contributed by atoms with Crippen LogP contribution in [0.5, 0.6) is 5.75 Å². The van der Waals surface area contributed by atoms with E-state index in [0.717, 1.165) is 27.3 Å². The molecule has 10 heteroatoms. The van der Waals surface area contributed by atoms with Gasteiger partial charge in [0.2, 0.25) is 0 Å². The number of fused-ring (bicyclic) bond motifs is 1. The molecule has 1 aliphatic heterocycles. The fraction of sp³-hybridized carbons (Fsp3) is 0.143. The number of hydrogen-bond acceptors (Lipinski definition) is 9. The van der Waals surface area contributed by atoms with Crippen molar-refractivity contribution in [3.8, 4) is 5.75 Å². The minimum atomic E-state index is 0.380. The van der Waals surface area contributed by atoms with Gasteiger partial charge in [-0.2, -0.15) is 0 Å². The molecule has 1 aliphatic rings. The maximum absolute atomic E-state index is 6.42. The van der Waals surface area contributed by atoms with Crippen LogP contribution < -0.4 is 15.4 Å². The minimum absolute atomic E-state index is 0.380. The van der Waals surface area contributed by atoms with Crippen LogP contribution in [-0.4, -0.2) is 34.1 Å². The number of aliphatic imine (C=N–C) groups is 1. The van der Waals surface area contributed by atoms with Crippen LogP contribution in [0, 0.1) is 0 Å². The Kier molecular flexibility index (Phi) is 5.51. The number of halogens is 1. The van der Waals surface area contributed by atoms with Crippen molar-refractivity contribution in [2.45, 2.75) is 6.61 Å². The van der Waals surface area contributed by atoms with Gasteiger partial charge in [0, 0.05) is 28.3 Å². The number of ether oxygens (including phenoxy) is 2. The van der Waals surface area contributed by atoms with E-state index in [1.54, 1.807) is 12.3 Å². The van der Waals surface area contributed by atoms with Crippen LogP contribution in [-0.2, 0) is 11.3 Å². The number of amidine groups is 1. The van der Waals surface area contributed by atoms with Crippen LogP contribution in [0.1, 0.15) is 5.01 Å². The molecule has 5 rings (SSSR count). The van der Waals surface area contributed by atoms with Crippen LogP contribution in [0.25, 0.3) is 10.9 Å². The Morgan fingerprint density at radius 1 is 1.06 bits per heavy atom. The summed E-state index contributed by atoms with van der Waals surface area (Å²) in [5.74, 6) is 1.26. The van der Waals surface area contributed by atoms with Crippen molar-refractivity contribution in [2.24, 2.45) is 4.99 Å². The molecule has 0 atom stereocenters. The number of nitrogens with one attached hydrogen (secondary N) is 2. The van der Waals surface area contributed by atoms with Crippen LogP contribution >= 0.6 is 22.9 Å². The Bertz CT molecular complexity index is 1250. The summed E-state index contributed by atoms with van der Waals surface area (Å²) in [6, 6.07) is 11.8. The van der Waals surface area contributed by atoms with Gasteiger partial charge in [-0.15, -0.1) is 11.3 Å². The lowest BCUT2D eigenvalue weighted by atomic mass is 10.2. The molecular formula is C21H17ClN6O2S. The summed E-state index contributed by atoms with van der Waals surface area (Å²) in [7, 11) is 0. The number of anilines is 3. The summed E-state index contributed by atoms with van der Waals surface area (Å²) in [5, 5.41) is 10.6. The standard InChI is InChI=1S/C21H17ClN6O2S/c22-16-10-14(2-4-18(16)30-11-19-23-6-8-31-19)27-20-15-9-13(28-21-24-5-7-29-21)1-3-17(15)25-12-26-20/h1-4,6,8-10,12H,5,7,11H2,(H,24,28)(H,25,26,27). The predicted octanol–water partition coefficient (Wildman–Crippen LogP) is 4.86. The Labute approximate surface area is 187 Å². The molecule has 0 amide bonds. The molecule has 0 fully saturated rings. The number of thiazole rings is 1. The Balaban J connectivity index is 1.36. The van der Waals surface area contributed by atoms with E-state index in [4.69, 9.17) is 21.1 Å². The van der Waals surface area contributed by atoms with E-state index in [9.17, 15) is 0 Å². The second-order valence-electron chi connectivity index (χ2n) is 6.60. The molecule has 0 spiro atoms. The molecule has 0 bridgehead atoms. The molecule has 0 unspecified atom stereocenters. The molecule has 0 radical (unpaired) electrons. The third kappa shape index (κ3) is 4.52. The van der Waals surface area contributed by atoms with Gasteiger partial charge in [0.15, 0.2) is 0 Å². The number of hydrogen-bond donors (Lipinski definition) is 2. The largest absolute Gasteiger partial charge is 0.485 e. The topological polar surface area (TPSA) is 93.6 Å². The first-order chi connectivity index (χ1) is 15.2. The normalized spacial score (nSPS) is 13.0. The summed E-state index contributed by atoms with van der Waals surface area (Å²) in [6.45, 7) is 1.64. The molecule has 2 aromatic heterocycles. The zero-order valence-electron chi connectivity index (χ0n) is 16.2. The lowest BCUT2D eigenvalue weighted by Gasteiger charge is -2.12. The third-order valence-electron chi connectivity index (χ3n) is 4.50. The number of benzene rings is 2. The van der Waals surface area contributed by atoms with E-state index in [1.807, 2.05) is 35.7 Å². The Morgan fingerprint density at radius 2 is 1.97 bits per heavy atom. The van der Waals surface area contributed by atoms with Crippen molar-refractivity contribution in [3.05, 3.63) is 64.3 Å². The summed E-state index contributed by atoms with van der Waals surface area (Å²) >= 11 is 7.96. The molecule has 31 heavy (non-hydrogen) atoms. The summed E-state index contributed by atoms with van der Waals surface area (Å²) in [5.41, 5.74) is 2.44. The van der Waals surface area contributed by atoms with E-state index in [-0.39, 0.29) is 0 Å². The van der Waals surface area contributed by atoms with Gasteiger partial charge in [0.1, 0.15) is 36.1 Å². The van der Waals surface area contributed by atoms with Crippen molar-refractivity contribution >= 4 is 57.1 Å². The van der Waals surface area contributed by atoms with Crippen LogP contribution in [0.3, 0.4) is 0 Å². The van der Waals surface area contributed by atoms with Crippen molar-refractivity contribution in [3.63, 3.8) is 0 Å². The fourth-order valence-corrected chi connectivity index (χ4v) is 3.83. The Hall–Kier alpha value is -3.43. The Morgan fingerprint density at radius 3 is 2.77 bits per heavy atom. The molecular weight excluding hydrogens is 436 g/mol. The van der Waals surface area contributed by atoms with Crippen molar-refractivity contribution < 1.29 is 9.47 Å². The monoisotopic (exact) mass is 452 g/mol. The number of nitrogens with zero attached hydrogens (tertiary/aromatic N) is 4. The first-order valence-electron chi connectivity index (χ1n) is 9.51. The first-order valence-corrected chi connectivity index (χ1v) is 10.8.